The van der Waals surface area contributed by atoms with Crippen molar-refractivity contribution in [3.8, 4) is 0 Å². The summed E-state index contributed by atoms with van der Waals surface area (Å²) in [4.78, 5) is 16.9. The standard InChI is InChI=1S/C15H29N3O/c1-13(7-8-16)5-6-15(19)18-11-10-17-9-3-2-4-14(17)12-18/h13-14H,2-12,16H2,1H3. The molecule has 0 aliphatic carbocycles. The predicted octanol–water partition coefficient (Wildman–Crippen LogP) is 1.45. The van der Waals surface area contributed by atoms with Gasteiger partial charge in [-0.05, 0) is 44.7 Å². The van der Waals surface area contributed by atoms with Crippen molar-refractivity contribution in [2.24, 2.45) is 11.7 Å². The molecule has 2 heterocycles. The Labute approximate surface area is 117 Å². The number of hydrogen-bond donors (Lipinski definition) is 1. The van der Waals surface area contributed by atoms with Gasteiger partial charge in [0.15, 0.2) is 0 Å². The maximum absolute atomic E-state index is 12.3. The first kappa shape index (κ1) is 14.8. The van der Waals surface area contributed by atoms with Gasteiger partial charge in [-0.1, -0.05) is 13.3 Å². The smallest absolute Gasteiger partial charge is 0.222 e. The second-order valence-corrected chi connectivity index (χ2v) is 6.25. The predicted molar refractivity (Wildman–Crippen MR) is 77.9 cm³/mol. The van der Waals surface area contributed by atoms with E-state index in [0.29, 0.717) is 24.3 Å². The van der Waals surface area contributed by atoms with Crippen LogP contribution in [0.4, 0.5) is 0 Å². The van der Waals surface area contributed by atoms with Crippen molar-refractivity contribution in [1.82, 2.24) is 9.80 Å². The fourth-order valence-electron chi connectivity index (χ4n) is 3.34. The van der Waals surface area contributed by atoms with Gasteiger partial charge in [0.1, 0.15) is 0 Å². The van der Waals surface area contributed by atoms with E-state index in [-0.39, 0.29) is 0 Å². The summed E-state index contributed by atoms with van der Waals surface area (Å²) >= 11 is 0. The van der Waals surface area contributed by atoms with E-state index in [4.69, 9.17) is 5.73 Å². The molecule has 2 unspecified atom stereocenters. The second-order valence-electron chi connectivity index (χ2n) is 6.25. The molecule has 0 aromatic rings. The van der Waals surface area contributed by atoms with Gasteiger partial charge in [-0.3, -0.25) is 9.69 Å². The van der Waals surface area contributed by atoms with Crippen molar-refractivity contribution in [3.05, 3.63) is 0 Å². The molecule has 0 radical (unpaired) electrons. The molecule has 0 aromatic heterocycles. The van der Waals surface area contributed by atoms with E-state index in [9.17, 15) is 4.79 Å². The van der Waals surface area contributed by atoms with Gasteiger partial charge in [0.2, 0.25) is 5.91 Å². The summed E-state index contributed by atoms with van der Waals surface area (Å²) in [6.45, 7) is 7.13. The Morgan fingerprint density at radius 3 is 2.89 bits per heavy atom. The van der Waals surface area contributed by atoms with E-state index in [1.807, 2.05) is 0 Å². The number of carbonyl (C=O) groups excluding carboxylic acids is 1. The van der Waals surface area contributed by atoms with Crippen LogP contribution in [-0.4, -0.2) is 54.5 Å². The monoisotopic (exact) mass is 267 g/mol. The number of fused-ring (bicyclic) bond motifs is 1. The fourth-order valence-corrected chi connectivity index (χ4v) is 3.34. The maximum atomic E-state index is 12.3. The fraction of sp³-hybridized carbons (Fsp3) is 0.933. The molecule has 0 saturated carbocycles. The maximum Gasteiger partial charge on any atom is 0.222 e. The number of nitrogens with two attached hydrogens (primary N) is 1. The molecule has 1 amide bonds. The Balaban J connectivity index is 1.74. The molecule has 19 heavy (non-hydrogen) atoms. The first-order valence-corrected chi connectivity index (χ1v) is 7.92. The lowest BCUT2D eigenvalue weighted by molar-refractivity contribution is -0.135. The van der Waals surface area contributed by atoms with E-state index in [2.05, 4.69) is 16.7 Å². The van der Waals surface area contributed by atoms with Gasteiger partial charge in [-0.15, -0.1) is 0 Å². The van der Waals surface area contributed by atoms with Crippen LogP contribution in [0.25, 0.3) is 0 Å². The number of hydrogen-bond acceptors (Lipinski definition) is 3. The number of piperazine rings is 1. The molecule has 2 saturated heterocycles. The Hall–Kier alpha value is -0.610. The molecule has 2 rings (SSSR count). The van der Waals surface area contributed by atoms with Crippen LogP contribution in [0.15, 0.2) is 0 Å². The number of rotatable bonds is 5. The lowest BCUT2D eigenvalue weighted by Gasteiger charge is -2.44. The summed E-state index contributed by atoms with van der Waals surface area (Å²) in [5.74, 6) is 0.930. The summed E-state index contributed by atoms with van der Waals surface area (Å²) in [5.41, 5.74) is 5.55. The van der Waals surface area contributed by atoms with Gasteiger partial charge in [0.05, 0.1) is 0 Å². The minimum atomic E-state index is 0.356. The zero-order chi connectivity index (χ0) is 13.7. The van der Waals surface area contributed by atoms with Crippen LogP contribution in [0.2, 0.25) is 0 Å². The molecule has 2 aliphatic rings. The van der Waals surface area contributed by atoms with Crippen molar-refractivity contribution in [2.45, 2.75) is 51.5 Å². The zero-order valence-corrected chi connectivity index (χ0v) is 12.3. The molecule has 0 aromatic carbocycles. The quantitative estimate of drug-likeness (QED) is 0.820. The summed E-state index contributed by atoms with van der Waals surface area (Å²) in [7, 11) is 0. The van der Waals surface area contributed by atoms with Gasteiger partial charge >= 0.3 is 0 Å². The van der Waals surface area contributed by atoms with Gasteiger partial charge < -0.3 is 10.6 Å². The molecule has 4 heteroatoms. The molecule has 0 bridgehead atoms. The Bertz CT molecular complexity index is 295. The Kier molecular flexibility index (Phi) is 5.64. The topological polar surface area (TPSA) is 49.6 Å². The Morgan fingerprint density at radius 1 is 1.26 bits per heavy atom. The second kappa shape index (κ2) is 7.25. The summed E-state index contributed by atoms with van der Waals surface area (Å²) < 4.78 is 0. The largest absolute Gasteiger partial charge is 0.340 e. The van der Waals surface area contributed by atoms with E-state index in [1.165, 1.54) is 25.8 Å². The molecule has 2 fully saturated rings. The van der Waals surface area contributed by atoms with Crippen molar-refractivity contribution in [2.75, 3.05) is 32.7 Å². The van der Waals surface area contributed by atoms with Crippen LogP contribution in [0.1, 0.15) is 45.4 Å². The van der Waals surface area contributed by atoms with E-state index in [1.54, 1.807) is 0 Å². The van der Waals surface area contributed by atoms with Crippen LogP contribution < -0.4 is 5.73 Å². The molecule has 4 nitrogen and oxygen atoms in total. The lowest BCUT2D eigenvalue weighted by atomic mass is 9.98. The van der Waals surface area contributed by atoms with Gasteiger partial charge in [0.25, 0.3) is 0 Å². The summed E-state index contributed by atoms with van der Waals surface area (Å²) in [5, 5.41) is 0. The third kappa shape index (κ3) is 4.18. The number of carbonyl (C=O) groups is 1. The first-order chi connectivity index (χ1) is 9.20. The molecule has 2 aliphatic heterocycles. The molecule has 110 valence electrons. The van der Waals surface area contributed by atoms with Crippen molar-refractivity contribution in [1.29, 1.82) is 0 Å². The van der Waals surface area contributed by atoms with Crippen LogP contribution in [0.3, 0.4) is 0 Å². The van der Waals surface area contributed by atoms with E-state index >= 15 is 0 Å². The highest BCUT2D eigenvalue weighted by Gasteiger charge is 2.30. The molecular weight excluding hydrogens is 238 g/mol. The zero-order valence-electron chi connectivity index (χ0n) is 12.3. The molecule has 2 atom stereocenters. The van der Waals surface area contributed by atoms with Gasteiger partial charge in [-0.2, -0.15) is 0 Å². The third-order valence-electron chi connectivity index (χ3n) is 4.70. The van der Waals surface area contributed by atoms with Crippen LogP contribution in [0, 0.1) is 5.92 Å². The average Bonchev–Trinajstić information content (AvgIpc) is 2.44. The normalized spacial score (nSPS) is 26.0. The van der Waals surface area contributed by atoms with Crippen LogP contribution in [-0.2, 0) is 4.79 Å². The van der Waals surface area contributed by atoms with E-state index in [0.717, 1.165) is 39.0 Å². The van der Waals surface area contributed by atoms with Crippen LogP contribution >= 0.6 is 0 Å². The van der Waals surface area contributed by atoms with Crippen molar-refractivity contribution < 1.29 is 4.79 Å². The molecule has 2 N–H and O–H groups in total. The highest BCUT2D eigenvalue weighted by Crippen LogP contribution is 2.22. The SMILES string of the molecule is CC(CCN)CCC(=O)N1CCN2CCCCC2C1. The van der Waals surface area contributed by atoms with Gasteiger partial charge in [0, 0.05) is 32.1 Å². The minimum Gasteiger partial charge on any atom is -0.340 e. The minimum absolute atomic E-state index is 0.356. The molecular formula is C15H29N3O. The molecule has 0 spiro atoms. The highest BCUT2D eigenvalue weighted by molar-refractivity contribution is 5.76. The van der Waals surface area contributed by atoms with Crippen molar-refractivity contribution >= 4 is 5.91 Å². The van der Waals surface area contributed by atoms with E-state index < -0.39 is 0 Å². The third-order valence-corrected chi connectivity index (χ3v) is 4.70. The lowest BCUT2D eigenvalue weighted by Crippen LogP contribution is -2.56. The average molecular weight is 267 g/mol. The number of nitrogens with zero attached hydrogens (tertiary/aromatic N) is 2. The first-order valence-electron chi connectivity index (χ1n) is 7.92. The Morgan fingerprint density at radius 2 is 2.11 bits per heavy atom. The van der Waals surface area contributed by atoms with Crippen molar-refractivity contribution in [3.63, 3.8) is 0 Å². The highest BCUT2D eigenvalue weighted by atomic mass is 16.2. The summed E-state index contributed by atoms with van der Waals surface area (Å²) in [6.07, 6.45) is 6.66. The van der Waals surface area contributed by atoms with Crippen LogP contribution in [0.5, 0.6) is 0 Å². The summed E-state index contributed by atoms with van der Waals surface area (Å²) in [6, 6.07) is 0.632. The number of amides is 1. The number of piperidine rings is 1. The van der Waals surface area contributed by atoms with Gasteiger partial charge in [-0.25, -0.2) is 0 Å².